The van der Waals surface area contributed by atoms with E-state index in [0.717, 1.165) is 24.1 Å². The first-order chi connectivity index (χ1) is 18.1. The lowest BCUT2D eigenvalue weighted by molar-refractivity contribution is -0.140. The predicted octanol–water partition coefficient (Wildman–Crippen LogP) is 5.33. The number of esters is 2. The molecule has 196 valence electrons. The van der Waals surface area contributed by atoms with E-state index >= 15 is 0 Å². The maximum atomic E-state index is 14.3. The van der Waals surface area contributed by atoms with Gasteiger partial charge in [-0.25, -0.2) is 26.7 Å². The van der Waals surface area contributed by atoms with Gasteiger partial charge in [-0.15, -0.1) is 0 Å². The van der Waals surface area contributed by atoms with Crippen LogP contribution in [-0.2, 0) is 29.1 Å². The molecule has 0 saturated carbocycles. The number of aryl methyl sites for hydroxylation is 1. The van der Waals surface area contributed by atoms with Crippen LogP contribution in [0.4, 0.5) is 4.39 Å². The topological polar surface area (TPSA) is 90.0 Å². The molecule has 0 spiro atoms. The van der Waals surface area contributed by atoms with Crippen molar-refractivity contribution in [3.63, 3.8) is 0 Å². The minimum Gasteiger partial charge on any atom is -0.465 e. The Kier molecular flexibility index (Phi) is 8.02. The Bertz CT molecular complexity index is 1550. The van der Waals surface area contributed by atoms with Crippen molar-refractivity contribution in [2.45, 2.75) is 17.9 Å². The van der Waals surface area contributed by atoms with Gasteiger partial charge in [0.05, 0.1) is 19.1 Å². The molecule has 0 bridgehead atoms. The summed E-state index contributed by atoms with van der Waals surface area (Å²) in [6.07, 6.45) is 0. The van der Waals surface area contributed by atoms with E-state index < -0.39 is 39.5 Å². The third kappa shape index (κ3) is 4.97. The summed E-state index contributed by atoms with van der Waals surface area (Å²) in [5.41, 5.74) is 1.20. The van der Waals surface area contributed by atoms with Crippen molar-refractivity contribution in [1.29, 1.82) is 0 Å². The van der Waals surface area contributed by atoms with E-state index in [9.17, 15) is 22.4 Å². The monoisotopic (exact) mass is 647 g/mol. The van der Waals surface area contributed by atoms with Crippen LogP contribution in [-0.4, -0.2) is 38.9 Å². The highest BCUT2D eigenvalue weighted by Gasteiger charge is 2.47. The van der Waals surface area contributed by atoms with Crippen LogP contribution < -0.4 is 0 Å². The summed E-state index contributed by atoms with van der Waals surface area (Å²) in [6, 6.07) is 19.1. The Morgan fingerprint density at radius 1 is 0.868 bits per heavy atom. The van der Waals surface area contributed by atoms with Crippen LogP contribution in [0.5, 0.6) is 0 Å². The highest BCUT2D eigenvalue weighted by atomic mass is 127. The first kappa shape index (κ1) is 27.5. The lowest BCUT2D eigenvalue weighted by Gasteiger charge is -2.39. The van der Waals surface area contributed by atoms with Gasteiger partial charge in [-0.1, -0.05) is 60.2 Å². The first-order valence-electron chi connectivity index (χ1n) is 11.3. The van der Waals surface area contributed by atoms with Crippen molar-refractivity contribution >= 4 is 50.1 Å². The van der Waals surface area contributed by atoms with E-state index in [1.165, 1.54) is 36.4 Å². The highest BCUT2D eigenvalue weighted by Crippen LogP contribution is 2.50. The zero-order valence-electron chi connectivity index (χ0n) is 20.6. The fraction of sp³-hybridized carbons (Fsp3) is 0.143. The summed E-state index contributed by atoms with van der Waals surface area (Å²) in [5.74, 6) is -2.50. The molecule has 0 fully saturated rings. The van der Waals surface area contributed by atoms with Gasteiger partial charge in [0.15, 0.2) is 5.70 Å². The minimum atomic E-state index is -4.43. The number of carbonyl (C=O) groups excluding carboxylic acids is 2. The summed E-state index contributed by atoms with van der Waals surface area (Å²) in [7, 11) is -2.21. The Morgan fingerprint density at radius 3 is 2.00 bits per heavy atom. The number of ether oxygens (including phenoxy) is 2. The molecule has 4 rings (SSSR count). The van der Waals surface area contributed by atoms with E-state index in [-0.39, 0.29) is 16.0 Å². The molecule has 1 unspecified atom stereocenters. The number of carbonyl (C=O) groups is 2. The van der Waals surface area contributed by atoms with Crippen LogP contribution in [0.2, 0.25) is 0 Å². The van der Waals surface area contributed by atoms with Gasteiger partial charge in [0, 0.05) is 9.15 Å². The third-order valence-electron chi connectivity index (χ3n) is 6.01. The van der Waals surface area contributed by atoms with Crippen molar-refractivity contribution < 1.29 is 31.9 Å². The highest BCUT2D eigenvalue weighted by molar-refractivity contribution is 14.1. The second-order valence-electron chi connectivity index (χ2n) is 8.36. The molecule has 0 amide bonds. The summed E-state index contributed by atoms with van der Waals surface area (Å²) in [4.78, 5) is 26.6. The largest absolute Gasteiger partial charge is 0.465 e. The average molecular weight is 647 g/mol. The Balaban J connectivity index is 2.16. The molecule has 0 aromatic heterocycles. The van der Waals surface area contributed by atoms with Crippen molar-refractivity contribution in [3.8, 4) is 0 Å². The minimum absolute atomic E-state index is 0.0796. The van der Waals surface area contributed by atoms with Gasteiger partial charge >= 0.3 is 11.9 Å². The quantitative estimate of drug-likeness (QED) is 0.266. The molecular weight excluding hydrogens is 624 g/mol. The zero-order chi connectivity index (χ0) is 27.6. The van der Waals surface area contributed by atoms with Crippen LogP contribution in [0, 0.1) is 12.7 Å². The molecule has 7 nitrogen and oxygen atoms in total. The standard InChI is InChI=1S/C28H23FINO6S/c1-17-9-15-21(16-10-17)38(34,35)31-25(19-7-5-4-6-8-19)24(30)22(18-11-13-20(29)14-12-18)23(27(32)36-2)26(31)28(33)37-3/h4-16,25H,1-3H3. The van der Waals surface area contributed by atoms with Gasteiger partial charge < -0.3 is 9.47 Å². The summed E-state index contributed by atoms with van der Waals surface area (Å²) in [6.45, 7) is 1.82. The second-order valence-corrected chi connectivity index (χ2v) is 11.3. The number of sulfonamides is 1. The van der Waals surface area contributed by atoms with Crippen molar-refractivity contribution in [1.82, 2.24) is 4.31 Å². The van der Waals surface area contributed by atoms with E-state index in [0.29, 0.717) is 14.7 Å². The SMILES string of the molecule is COC(=O)C1=C(C(=O)OC)N(S(=O)(=O)c2ccc(C)cc2)C(c2ccccc2)C(I)=C1c1ccc(F)cc1. The smallest absolute Gasteiger partial charge is 0.356 e. The summed E-state index contributed by atoms with van der Waals surface area (Å²) < 4.78 is 53.7. The van der Waals surface area contributed by atoms with E-state index in [1.54, 1.807) is 42.5 Å². The van der Waals surface area contributed by atoms with Gasteiger partial charge in [0.25, 0.3) is 10.0 Å². The number of hydrogen-bond donors (Lipinski definition) is 0. The van der Waals surface area contributed by atoms with Crippen molar-refractivity contribution in [3.05, 3.63) is 116 Å². The van der Waals surface area contributed by atoms with Gasteiger partial charge in [-0.3, -0.25) is 0 Å². The van der Waals surface area contributed by atoms with Crippen LogP contribution in [0.3, 0.4) is 0 Å². The molecule has 38 heavy (non-hydrogen) atoms. The molecule has 0 N–H and O–H groups in total. The van der Waals surface area contributed by atoms with E-state index in [2.05, 4.69) is 0 Å². The van der Waals surface area contributed by atoms with Crippen molar-refractivity contribution in [2.75, 3.05) is 14.2 Å². The fourth-order valence-electron chi connectivity index (χ4n) is 4.20. The number of benzene rings is 3. The number of methoxy groups -OCH3 is 2. The molecule has 0 saturated heterocycles. The van der Waals surface area contributed by atoms with Crippen LogP contribution in [0.25, 0.3) is 5.57 Å². The van der Waals surface area contributed by atoms with E-state index in [4.69, 9.17) is 9.47 Å². The second kappa shape index (κ2) is 11.1. The molecule has 1 heterocycles. The molecule has 1 aliphatic rings. The maximum Gasteiger partial charge on any atom is 0.356 e. The number of nitrogens with zero attached hydrogens (tertiary/aromatic N) is 1. The zero-order valence-corrected chi connectivity index (χ0v) is 23.6. The van der Waals surface area contributed by atoms with E-state index in [1.807, 2.05) is 29.5 Å². The van der Waals surface area contributed by atoms with Crippen molar-refractivity contribution in [2.24, 2.45) is 0 Å². The molecule has 1 atom stereocenters. The molecule has 10 heteroatoms. The van der Waals surface area contributed by atoms with Crippen LogP contribution >= 0.6 is 22.6 Å². The third-order valence-corrected chi connectivity index (χ3v) is 8.92. The normalized spacial score (nSPS) is 15.9. The number of halogens is 2. The Morgan fingerprint density at radius 2 is 1.45 bits per heavy atom. The molecule has 0 radical (unpaired) electrons. The Labute approximate surface area is 233 Å². The van der Waals surface area contributed by atoms with Crippen LogP contribution in [0.15, 0.2) is 98.6 Å². The summed E-state index contributed by atoms with van der Waals surface area (Å²) in [5, 5.41) is 0. The molecule has 3 aromatic rings. The summed E-state index contributed by atoms with van der Waals surface area (Å²) >= 11 is 1.97. The molecule has 1 aliphatic heterocycles. The molecule has 3 aromatic carbocycles. The first-order valence-corrected chi connectivity index (χ1v) is 13.9. The fourth-order valence-corrected chi connectivity index (χ4v) is 7.23. The lowest BCUT2D eigenvalue weighted by Crippen LogP contribution is -2.42. The lowest BCUT2D eigenvalue weighted by atomic mass is 9.89. The Hall–Kier alpha value is -3.51. The maximum absolute atomic E-state index is 14.3. The van der Waals surface area contributed by atoms with Gasteiger partial charge in [-0.05, 0) is 64.9 Å². The van der Waals surface area contributed by atoms with Gasteiger partial charge in [0.2, 0.25) is 0 Å². The number of rotatable bonds is 6. The average Bonchev–Trinajstić information content (AvgIpc) is 2.92. The predicted molar refractivity (Wildman–Crippen MR) is 148 cm³/mol. The van der Waals surface area contributed by atoms with Gasteiger partial charge in [-0.2, -0.15) is 0 Å². The molecule has 0 aliphatic carbocycles. The van der Waals surface area contributed by atoms with Gasteiger partial charge in [0.1, 0.15) is 17.4 Å². The van der Waals surface area contributed by atoms with Crippen LogP contribution in [0.1, 0.15) is 22.7 Å². The molecular formula is C28H23FINO6S. The number of hydrogen-bond acceptors (Lipinski definition) is 6.